The lowest BCUT2D eigenvalue weighted by molar-refractivity contribution is -0.140. The first-order valence-electron chi connectivity index (χ1n) is 13.6. The second-order valence-corrected chi connectivity index (χ2v) is 12.2. The summed E-state index contributed by atoms with van der Waals surface area (Å²) in [6, 6.07) is 22.4. The summed E-state index contributed by atoms with van der Waals surface area (Å²) >= 11 is 6.40. The molecule has 1 N–H and O–H groups in total. The van der Waals surface area contributed by atoms with Crippen molar-refractivity contribution >= 4 is 39.1 Å². The van der Waals surface area contributed by atoms with E-state index in [9.17, 15) is 18.0 Å². The predicted octanol–water partition coefficient (Wildman–Crippen LogP) is 5.41. The van der Waals surface area contributed by atoms with Crippen LogP contribution in [0.2, 0.25) is 5.02 Å². The zero-order valence-electron chi connectivity index (χ0n) is 23.9. The molecule has 10 heteroatoms. The van der Waals surface area contributed by atoms with E-state index in [1.807, 2.05) is 51.1 Å². The maximum Gasteiger partial charge on any atom is 0.244 e. The number of halogens is 1. The maximum absolute atomic E-state index is 13.8. The third kappa shape index (κ3) is 9.23. The summed E-state index contributed by atoms with van der Waals surface area (Å²) in [6.07, 6.45) is 2.11. The minimum Gasteiger partial charge on any atom is -0.489 e. The number of anilines is 1. The molecule has 0 saturated heterocycles. The molecule has 0 aliphatic heterocycles. The lowest BCUT2D eigenvalue weighted by Gasteiger charge is -2.33. The number of carbonyl (C=O) groups excluding carboxylic acids is 2. The van der Waals surface area contributed by atoms with E-state index < -0.39 is 28.5 Å². The van der Waals surface area contributed by atoms with Crippen LogP contribution in [0.4, 0.5) is 5.69 Å². The number of amides is 2. The van der Waals surface area contributed by atoms with Gasteiger partial charge in [0.1, 0.15) is 24.9 Å². The molecule has 3 rings (SSSR count). The molecule has 2 unspecified atom stereocenters. The molecule has 0 saturated carbocycles. The monoisotopic (exact) mass is 599 g/mol. The van der Waals surface area contributed by atoms with Crippen LogP contribution in [-0.4, -0.2) is 50.0 Å². The molecular formula is C31H38ClN3O5S. The Morgan fingerprint density at radius 3 is 2.15 bits per heavy atom. The highest BCUT2D eigenvalue weighted by Gasteiger charge is 2.32. The number of hydrogen-bond acceptors (Lipinski definition) is 5. The van der Waals surface area contributed by atoms with Crippen LogP contribution in [0.15, 0.2) is 78.9 Å². The van der Waals surface area contributed by atoms with Gasteiger partial charge < -0.3 is 15.0 Å². The van der Waals surface area contributed by atoms with Crippen LogP contribution < -0.4 is 14.4 Å². The first-order valence-corrected chi connectivity index (χ1v) is 15.8. The van der Waals surface area contributed by atoms with Gasteiger partial charge in [0.25, 0.3) is 0 Å². The molecule has 3 aromatic carbocycles. The molecule has 8 nitrogen and oxygen atoms in total. The Kier molecular flexibility index (Phi) is 11.6. The van der Waals surface area contributed by atoms with Crippen molar-refractivity contribution in [3.8, 4) is 5.75 Å². The van der Waals surface area contributed by atoms with Crippen LogP contribution in [-0.2, 0) is 32.8 Å². The molecule has 41 heavy (non-hydrogen) atoms. The number of nitrogens with one attached hydrogen (secondary N) is 1. The molecule has 0 heterocycles. The molecule has 0 aromatic heterocycles. The second kappa shape index (κ2) is 14.9. The largest absolute Gasteiger partial charge is 0.489 e. The molecule has 0 aliphatic carbocycles. The smallest absolute Gasteiger partial charge is 0.244 e. The van der Waals surface area contributed by atoms with Crippen molar-refractivity contribution in [2.24, 2.45) is 0 Å². The minimum atomic E-state index is -3.85. The molecule has 3 aromatic rings. The molecule has 2 atom stereocenters. The molecule has 0 bridgehead atoms. The Hall–Kier alpha value is -3.56. The van der Waals surface area contributed by atoms with Gasteiger partial charge in [0.05, 0.1) is 11.9 Å². The molecular weight excluding hydrogens is 562 g/mol. The zero-order chi connectivity index (χ0) is 30.0. The van der Waals surface area contributed by atoms with Crippen molar-refractivity contribution < 1.29 is 22.7 Å². The van der Waals surface area contributed by atoms with Gasteiger partial charge in [0.2, 0.25) is 21.8 Å². The minimum absolute atomic E-state index is 0.0504. The lowest BCUT2D eigenvalue weighted by Crippen LogP contribution is -2.53. The SMILES string of the molecule is CCC(C)NC(=O)C(CC)N(Cc1ccccc1Cl)C(=O)CN(c1ccc(OCc2ccccc2)cc1)S(C)(=O)=O. The third-order valence-electron chi connectivity index (χ3n) is 6.74. The summed E-state index contributed by atoms with van der Waals surface area (Å²) in [5.74, 6) is -0.260. The van der Waals surface area contributed by atoms with Crippen LogP contribution in [0, 0.1) is 0 Å². The Bertz CT molecular complexity index is 1400. The maximum atomic E-state index is 13.8. The Morgan fingerprint density at radius 1 is 0.927 bits per heavy atom. The number of rotatable bonds is 14. The topological polar surface area (TPSA) is 96.0 Å². The van der Waals surface area contributed by atoms with Crippen LogP contribution in [0.1, 0.15) is 44.7 Å². The van der Waals surface area contributed by atoms with Crippen LogP contribution in [0.3, 0.4) is 0 Å². The van der Waals surface area contributed by atoms with E-state index in [1.54, 1.807) is 48.5 Å². The van der Waals surface area contributed by atoms with Crippen molar-refractivity contribution in [2.75, 3.05) is 17.1 Å². The number of nitrogens with zero attached hydrogens (tertiary/aromatic N) is 2. The van der Waals surface area contributed by atoms with E-state index in [0.717, 1.165) is 22.5 Å². The van der Waals surface area contributed by atoms with Gasteiger partial charge in [0.15, 0.2) is 0 Å². The fraction of sp³-hybridized carbons (Fsp3) is 0.355. The molecule has 0 spiro atoms. The number of benzene rings is 3. The summed E-state index contributed by atoms with van der Waals surface area (Å²) in [5, 5.41) is 3.40. The fourth-order valence-electron chi connectivity index (χ4n) is 4.23. The summed E-state index contributed by atoms with van der Waals surface area (Å²) in [5.41, 5.74) is 1.97. The number of carbonyl (C=O) groups is 2. The Morgan fingerprint density at radius 2 is 1.56 bits per heavy atom. The Balaban J connectivity index is 1.86. The van der Waals surface area contributed by atoms with Gasteiger partial charge in [-0.25, -0.2) is 8.42 Å². The van der Waals surface area contributed by atoms with Crippen LogP contribution in [0.25, 0.3) is 0 Å². The van der Waals surface area contributed by atoms with Crippen LogP contribution in [0.5, 0.6) is 5.75 Å². The van der Waals surface area contributed by atoms with Crippen LogP contribution >= 0.6 is 11.6 Å². The highest BCUT2D eigenvalue weighted by molar-refractivity contribution is 7.92. The summed E-state index contributed by atoms with van der Waals surface area (Å²) in [7, 11) is -3.85. The summed E-state index contributed by atoms with van der Waals surface area (Å²) in [6.45, 7) is 5.60. The van der Waals surface area contributed by atoms with Gasteiger partial charge in [-0.2, -0.15) is 0 Å². The quantitative estimate of drug-likeness (QED) is 0.267. The van der Waals surface area contributed by atoms with Gasteiger partial charge in [0, 0.05) is 17.6 Å². The number of ether oxygens (including phenoxy) is 1. The highest BCUT2D eigenvalue weighted by Crippen LogP contribution is 2.24. The zero-order valence-corrected chi connectivity index (χ0v) is 25.5. The van der Waals surface area contributed by atoms with E-state index in [-0.39, 0.29) is 18.5 Å². The molecule has 220 valence electrons. The average Bonchev–Trinajstić information content (AvgIpc) is 2.95. The van der Waals surface area contributed by atoms with Crippen molar-refractivity contribution in [3.63, 3.8) is 0 Å². The second-order valence-electron chi connectivity index (χ2n) is 9.89. The Labute approximate surface area is 248 Å². The van der Waals surface area contributed by atoms with Crippen molar-refractivity contribution in [3.05, 3.63) is 95.0 Å². The molecule has 0 fully saturated rings. The number of sulfonamides is 1. The van der Waals surface area contributed by atoms with E-state index in [4.69, 9.17) is 16.3 Å². The normalized spacial score (nSPS) is 12.7. The van der Waals surface area contributed by atoms with Gasteiger partial charge >= 0.3 is 0 Å². The number of hydrogen-bond donors (Lipinski definition) is 1. The average molecular weight is 600 g/mol. The standard InChI is InChI=1S/C31H38ClN3O5S/c1-5-23(3)33-31(37)29(6-2)34(20-25-14-10-11-15-28(25)32)30(36)21-35(41(4,38)39)26-16-18-27(19-17-26)40-22-24-12-8-7-9-13-24/h7-19,23,29H,5-6,20-22H2,1-4H3,(H,33,37). The molecule has 2 amide bonds. The molecule has 0 radical (unpaired) electrons. The van der Waals surface area contributed by atoms with E-state index >= 15 is 0 Å². The van der Waals surface area contributed by atoms with Crippen molar-refractivity contribution in [2.45, 2.75) is 58.8 Å². The summed E-state index contributed by atoms with van der Waals surface area (Å²) < 4.78 is 32.6. The first-order chi connectivity index (χ1) is 19.5. The molecule has 0 aliphatic rings. The third-order valence-corrected chi connectivity index (χ3v) is 8.25. The van der Waals surface area contributed by atoms with Crippen molar-refractivity contribution in [1.82, 2.24) is 10.2 Å². The van der Waals surface area contributed by atoms with Crippen molar-refractivity contribution in [1.29, 1.82) is 0 Å². The van der Waals surface area contributed by atoms with Gasteiger partial charge in [-0.3, -0.25) is 13.9 Å². The first kappa shape index (κ1) is 32.0. The van der Waals surface area contributed by atoms with E-state index in [0.29, 0.717) is 35.1 Å². The van der Waals surface area contributed by atoms with Gasteiger partial charge in [-0.05, 0) is 61.2 Å². The van der Waals surface area contributed by atoms with E-state index in [1.165, 1.54) is 4.90 Å². The van der Waals surface area contributed by atoms with E-state index in [2.05, 4.69) is 5.32 Å². The van der Waals surface area contributed by atoms with Gasteiger partial charge in [-0.1, -0.05) is 74.0 Å². The van der Waals surface area contributed by atoms with Gasteiger partial charge in [-0.15, -0.1) is 0 Å². The predicted molar refractivity (Wildman–Crippen MR) is 163 cm³/mol. The highest BCUT2D eigenvalue weighted by atomic mass is 35.5. The lowest BCUT2D eigenvalue weighted by atomic mass is 10.1. The summed E-state index contributed by atoms with van der Waals surface area (Å²) in [4.78, 5) is 28.5. The fourth-order valence-corrected chi connectivity index (χ4v) is 5.28.